The summed E-state index contributed by atoms with van der Waals surface area (Å²) in [5.41, 5.74) is 2.48. The molecule has 0 bridgehead atoms. The van der Waals surface area contributed by atoms with Crippen molar-refractivity contribution in [1.82, 2.24) is 0 Å². The van der Waals surface area contributed by atoms with Crippen molar-refractivity contribution in [3.8, 4) is 46.0 Å². The molecule has 1 fully saturated rings. The van der Waals surface area contributed by atoms with Crippen molar-refractivity contribution >= 4 is 18.7 Å². The smallest absolute Gasteiger partial charge is 0.261 e. The van der Waals surface area contributed by atoms with Gasteiger partial charge in [0, 0.05) is 0 Å². The van der Waals surface area contributed by atoms with E-state index < -0.39 is 39.0 Å². The minimum Gasteiger partial charge on any atom is -0.497 e. The second-order valence-electron chi connectivity index (χ2n) is 17.7. The first kappa shape index (κ1) is 51.6. The van der Waals surface area contributed by atoms with Crippen LogP contribution in [-0.4, -0.2) is 95.4 Å². The second kappa shape index (κ2) is 24.0. The molecule has 6 aromatic rings. The maximum atomic E-state index is 7.64. The van der Waals surface area contributed by atoms with Crippen molar-refractivity contribution in [2.24, 2.45) is 0 Å². The molecule has 14 heteroatoms. The van der Waals surface area contributed by atoms with Crippen molar-refractivity contribution in [3.05, 3.63) is 156 Å². The first-order chi connectivity index (χ1) is 34.0. The maximum absolute atomic E-state index is 7.64. The molecule has 0 amide bonds. The number of ether oxygens (including phenoxy) is 12. The van der Waals surface area contributed by atoms with E-state index in [0.29, 0.717) is 46.0 Å². The number of benzene rings is 6. The standard InChI is InChI=1S/C56H66O13Si/c1-56(2,3)70(43-17-13-11-14-18-43,44-19-15-12-16-20-44)67-37-51-52(64-34-38-21-28-45(58-5)48(31-38)61-8)53(65-35-39-22-29-46(59-6)49(32-39)62-9)54(55(69-51)68-42-26-24-41(57-4)25-27-42)66-36-40-23-30-47(60-7)50(33-40)63-10/h11-33,51-55H,34-37H2,1-10H3/t51-,52-,53+,54+,55+/m1/s1. The third kappa shape index (κ3) is 11.8. The van der Waals surface area contributed by atoms with Crippen molar-refractivity contribution in [2.75, 3.05) is 56.4 Å². The number of rotatable bonds is 23. The number of hydrogen-bond donors (Lipinski definition) is 0. The van der Waals surface area contributed by atoms with Gasteiger partial charge in [-0.05, 0) is 92.8 Å². The maximum Gasteiger partial charge on any atom is 0.261 e. The minimum atomic E-state index is -3.13. The molecule has 0 spiro atoms. The Hall–Kier alpha value is -6.26. The first-order valence-electron chi connectivity index (χ1n) is 23.2. The summed E-state index contributed by atoms with van der Waals surface area (Å²) in [6, 6.07) is 45.4. The molecule has 1 heterocycles. The highest BCUT2D eigenvalue weighted by atomic mass is 28.4. The quantitative estimate of drug-likeness (QED) is 0.0569. The fraction of sp³-hybridized carbons (Fsp3) is 0.357. The fourth-order valence-corrected chi connectivity index (χ4v) is 13.5. The zero-order valence-corrected chi connectivity index (χ0v) is 42.8. The van der Waals surface area contributed by atoms with E-state index in [4.69, 9.17) is 61.3 Å². The molecule has 13 nitrogen and oxygen atoms in total. The van der Waals surface area contributed by atoms with Crippen LogP contribution < -0.4 is 48.3 Å². The molecule has 0 unspecified atom stereocenters. The van der Waals surface area contributed by atoms with Gasteiger partial charge >= 0.3 is 0 Å². The monoisotopic (exact) mass is 974 g/mol. The minimum absolute atomic E-state index is 0.102. The van der Waals surface area contributed by atoms with E-state index in [1.165, 1.54) is 0 Å². The van der Waals surface area contributed by atoms with E-state index in [-0.39, 0.29) is 31.5 Å². The Balaban J connectivity index is 1.37. The molecule has 0 N–H and O–H groups in total. The van der Waals surface area contributed by atoms with E-state index in [9.17, 15) is 0 Å². The molecule has 7 rings (SSSR count). The Morgan fingerprint density at radius 1 is 0.429 bits per heavy atom. The largest absolute Gasteiger partial charge is 0.497 e. The van der Waals surface area contributed by atoms with Crippen molar-refractivity contribution in [1.29, 1.82) is 0 Å². The Kier molecular flexibility index (Phi) is 17.7. The van der Waals surface area contributed by atoms with Crippen molar-refractivity contribution in [2.45, 2.75) is 76.3 Å². The van der Waals surface area contributed by atoms with Gasteiger partial charge in [-0.1, -0.05) is 99.6 Å². The van der Waals surface area contributed by atoms with Crippen LogP contribution in [0.1, 0.15) is 37.5 Å². The Morgan fingerprint density at radius 3 is 1.23 bits per heavy atom. The van der Waals surface area contributed by atoms with Gasteiger partial charge in [-0.25, -0.2) is 0 Å². The van der Waals surface area contributed by atoms with Gasteiger partial charge < -0.3 is 61.3 Å². The van der Waals surface area contributed by atoms with E-state index in [0.717, 1.165) is 27.1 Å². The van der Waals surface area contributed by atoms with Gasteiger partial charge in [-0.3, -0.25) is 0 Å². The van der Waals surface area contributed by atoms with Gasteiger partial charge in [0.15, 0.2) is 34.5 Å². The third-order valence-corrected chi connectivity index (χ3v) is 17.5. The molecule has 1 saturated heterocycles. The SMILES string of the molecule is COc1ccc(O[C@H]2O[C@H](CO[Si](c3ccccc3)(c3ccccc3)C(C)(C)C)[C@@H](OCc3ccc(OC)c(OC)c3)[C@H](OCc3ccc(OC)c(OC)c3)[C@@H]2OCc2ccc(OC)c(OC)c2)cc1. The van der Waals surface area contributed by atoms with Crippen LogP contribution in [0.3, 0.4) is 0 Å². The second-order valence-corrected chi connectivity index (χ2v) is 22.0. The molecule has 0 aromatic heterocycles. The van der Waals surface area contributed by atoms with Crippen LogP contribution in [0.4, 0.5) is 0 Å². The van der Waals surface area contributed by atoms with Crippen LogP contribution in [0.15, 0.2) is 140 Å². The third-order valence-electron chi connectivity index (χ3n) is 12.5. The molecular weight excluding hydrogens is 909 g/mol. The van der Waals surface area contributed by atoms with E-state index in [1.807, 2.05) is 91.0 Å². The summed E-state index contributed by atoms with van der Waals surface area (Å²) in [4.78, 5) is 0. The molecule has 6 aromatic carbocycles. The molecule has 70 heavy (non-hydrogen) atoms. The molecule has 0 aliphatic carbocycles. The van der Waals surface area contributed by atoms with E-state index in [2.05, 4.69) is 69.3 Å². The number of hydrogen-bond acceptors (Lipinski definition) is 13. The molecule has 0 radical (unpaired) electrons. The van der Waals surface area contributed by atoms with E-state index in [1.54, 1.807) is 49.8 Å². The topological polar surface area (TPSA) is 120 Å². The van der Waals surface area contributed by atoms with Crippen LogP contribution in [-0.2, 0) is 43.2 Å². The highest BCUT2D eigenvalue weighted by molar-refractivity contribution is 6.99. The highest BCUT2D eigenvalue weighted by Crippen LogP contribution is 2.40. The van der Waals surface area contributed by atoms with Gasteiger partial charge in [0.1, 0.15) is 35.9 Å². The summed E-state index contributed by atoms with van der Waals surface area (Å²) < 4.78 is 82.3. The zero-order valence-electron chi connectivity index (χ0n) is 41.8. The predicted molar refractivity (Wildman–Crippen MR) is 270 cm³/mol. The first-order valence-corrected chi connectivity index (χ1v) is 25.1. The Morgan fingerprint density at radius 2 is 0.829 bits per heavy atom. The fourth-order valence-electron chi connectivity index (χ4n) is 8.92. The van der Waals surface area contributed by atoms with Crippen LogP contribution in [0.25, 0.3) is 0 Å². The molecular formula is C56H66O13Si. The van der Waals surface area contributed by atoms with Gasteiger partial charge in [0.2, 0.25) is 6.29 Å². The lowest BCUT2D eigenvalue weighted by molar-refractivity contribution is -0.307. The predicted octanol–water partition coefficient (Wildman–Crippen LogP) is 9.18. The lowest BCUT2D eigenvalue weighted by Crippen LogP contribution is -2.68. The summed E-state index contributed by atoms with van der Waals surface area (Å²) in [6.45, 7) is 7.24. The van der Waals surface area contributed by atoms with Crippen LogP contribution in [0.5, 0.6) is 46.0 Å². The van der Waals surface area contributed by atoms with Crippen LogP contribution in [0, 0.1) is 0 Å². The molecule has 372 valence electrons. The molecule has 1 aliphatic heterocycles. The normalized spacial score (nSPS) is 18.1. The summed E-state index contributed by atoms with van der Waals surface area (Å²) in [6.07, 6.45) is -4.36. The summed E-state index contributed by atoms with van der Waals surface area (Å²) >= 11 is 0. The summed E-state index contributed by atoms with van der Waals surface area (Å²) in [5.74, 6) is 4.69. The van der Waals surface area contributed by atoms with Gasteiger partial charge in [-0.2, -0.15) is 0 Å². The zero-order chi connectivity index (χ0) is 49.7. The van der Waals surface area contributed by atoms with Crippen LogP contribution >= 0.6 is 0 Å². The molecule has 5 atom stereocenters. The number of methoxy groups -OCH3 is 7. The molecule has 1 aliphatic rings. The Bertz CT molecular complexity index is 2510. The van der Waals surface area contributed by atoms with Crippen molar-refractivity contribution < 1.29 is 61.3 Å². The molecule has 0 saturated carbocycles. The summed E-state index contributed by atoms with van der Waals surface area (Å²) in [7, 11) is 8.13. The lowest BCUT2D eigenvalue weighted by atomic mass is 9.97. The van der Waals surface area contributed by atoms with Gasteiger partial charge in [-0.15, -0.1) is 0 Å². The lowest BCUT2D eigenvalue weighted by Gasteiger charge is -2.48. The average Bonchev–Trinajstić information content (AvgIpc) is 3.39. The Labute approximate surface area is 413 Å². The highest BCUT2D eigenvalue weighted by Gasteiger charge is 2.54. The van der Waals surface area contributed by atoms with Crippen LogP contribution in [0.2, 0.25) is 5.04 Å². The van der Waals surface area contributed by atoms with Gasteiger partial charge in [0.05, 0.1) is 76.2 Å². The van der Waals surface area contributed by atoms with Crippen molar-refractivity contribution in [3.63, 3.8) is 0 Å². The van der Waals surface area contributed by atoms with E-state index >= 15 is 0 Å². The van der Waals surface area contributed by atoms with Gasteiger partial charge in [0.25, 0.3) is 8.32 Å². The average molecular weight is 975 g/mol. The summed E-state index contributed by atoms with van der Waals surface area (Å²) in [5, 5.41) is 1.90.